The van der Waals surface area contributed by atoms with E-state index in [9.17, 15) is 18.3 Å². The van der Waals surface area contributed by atoms with Crippen LogP contribution in [0.1, 0.15) is 5.56 Å². The quantitative estimate of drug-likeness (QED) is 0.703. The molecule has 1 N–H and O–H groups in total. The molecule has 2 rings (SSSR count). The summed E-state index contributed by atoms with van der Waals surface area (Å²) in [6.45, 7) is 0. The first kappa shape index (κ1) is 10.3. The molecule has 0 bridgehead atoms. The summed E-state index contributed by atoms with van der Waals surface area (Å²) in [5.74, 6) is -0.725. The number of H-pyrrole nitrogens is 1. The number of aromatic amines is 1. The maximum absolute atomic E-state index is 12.3. The zero-order valence-electron chi connectivity index (χ0n) is 7.67. The first-order valence-electron chi connectivity index (χ1n) is 4.18. The fraction of sp³-hybridized carbons (Fsp3) is 0.111. The SMILES string of the molecule is N#[N+]c1c([O-])[nH]c2cc(C(F)(F)F)ccc12. The fourth-order valence-corrected chi connectivity index (χ4v) is 1.43. The number of nitrogens with zero attached hydrogens (tertiary/aromatic N) is 2. The third-order valence-electron chi connectivity index (χ3n) is 2.17. The molecule has 82 valence electrons. The number of hydrogen-bond acceptors (Lipinski definition) is 2. The largest absolute Gasteiger partial charge is 0.855 e. The van der Waals surface area contributed by atoms with Crippen molar-refractivity contribution in [2.24, 2.45) is 0 Å². The van der Waals surface area contributed by atoms with Crippen molar-refractivity contribution in [2.45, 2.75) is 6.18 Å². The summed E-state index contributed by atoms with van der Waals surface area (Å²) in [7, 11) is 0. The van der Waals surface area contributed by atoms with Crippen LogP contribution in [0.2, 0.25) is 0 Å². The highest BCUT2D eigenvalue weighted by atomic mass is 19.4. The van der Waals surface area contributed by atoms with Crippen molar-refractivity contribution in [3.05, 3.63) is 28.7 Å². The molecule has 0 saturated heterocycles. The van der Waals surface area contributed by atoms with E-state index in [1.165, 1.54) is 0 Å². The summed E-state index contributed by atoms with van der Waals surface area (Å²) < 4.78 is 37.0. The number of halogens is 3. The van der Waals surface area contributed by atoms with E-state index in [-0.39, 0.29) is 16.6 Å². The monoisotopic (exact) mass is 227 g/mol. The molecule has 4 nitrogen and oxygen atoms in total. The van der Waals surface area contributed by atoms with Gasteiger partial charge in [-0.2, -0.15) is 13.2 Å². The number of hydrogen-bond donors (Lipinski definition) is 1. The number of nitrogens with one attached hydrogen (secondary N) is 1. The highest BCUT2D eigenvalue weighted by Gasteiger charge is 2.31. The summed E-state index contributed by atoms with van der Waals surface area (Å²) in [5, 5.41) is 19.8. The van der Waals surface area contributed by atoms with Crippen molar-refractivity contribution in [1.82, 2.24) is 4.98 Å². The van der Waals surface area contributed by atoms with Gasteiger partial charge in [0.2, 0.25) is 5.39 Å². The van der Waals surface area contributed by atoms with Crippen molar-refractivity contribution < 1.29 is 18.3 Å². The lowest BCUT2D eigenvalue weighted by molar-refractivity contribution is -0.272. The molecule has 16 heavy (non-hydrogen) atoms. The Bertz CT molecular complexity index is 594. The van der Waals surface area contributed by atoms with Gasteiger partial charge in [0.25, 0.3) is 0 Å². The lowest BCUT2D eigenvalue weighted by Gasteiger charge is -2.05. The normalized spacial score (nSPS) is 11.6. The van der Waals surface area contributed by atoms with Crippen LogP contribution in [0.25, 0.3) is 15.9 Å². The molecule has 0 spiro atoms. The summed E-state index contributed by atoms with van der Waals surface area (Å²) >= 11 is 0. The molecule has 2 aromatic rings. The maximum atomic E-state index is 12.3. The zero-order valence-corrected chi connectivity index (χ0v) is 7.67. The van der Waals surface area contributed by atoms with Crippen LogP contribution in [0.4, 0.5) is 18.9 Å². The van der Waals surface area contributed by atoms with Gasteiger partial charge in [-0.25, -0.2) is 0 Å². The number of fused-ring (bicyclic) bond motifs is 1. The minimum absolute atomic E-state index is 0.00683. The van der Waals surface area contributed by atoms with Gasteiger partial charge < -0.3 is 10.1 Å². The van der Waals surface area contributed by atoms with Gasteiger partial charge in [-0.3, -0.25) is 0 Å². The van der Waals surface area contributed by atoms with Crippen LogP contribution in [-0.2, 0) is 6.18 Å². The standard InChI is InChI=1S/C9H4F3N3O/c10-9(11,12)4-1-2-5-6(3-4)14-8(16)7(5)15-13/h1-3,13H. The molecule has 0 aliphatic heterocycles. The van der Waals surface area contributed by atoms with Crippen LogP contribution >= 0.6 is 0 Å². The second-order valence-corrected chi connectivity index (χ2v) is 3.16. The number of diazo groups is 1. The minimum atomic E-state index is -4.47. The molecule has 0 atom stereocenters. The van der Waals surface area contributed by atoms with E-state index in [0.717, 1.165) is 18.2 Å². The lowest BCUT2D eigenvalue weighted by atomic mass is 10.1. The topological polar surface area (TPSA) is 67.0 Å². The predicted molar refractivity (Wildman–Crippen MR) is 47.5 cm³/mol. The molecule has 0 radical (unpaired) electrons. The third-order valence-corrected chi connectivity index (χ3v) is 2.17. The zero-order chi connectivity index (χ0) is 11.9. The Morgan fingerprint density at radius 2 is 2.00 bits per heavy atom. The predicted octanol–water partition coefficient (Wildman–Crippen LogP) is 2.74. The van der Waals surface area contributed by atoms with Crippen molar-refractivity contribution in [2.75, 3.05) is 0 Å². The van der Waals surface area contributed by atoms with Crippen LogP contribution in [0.5, 0.6) is 5.88 Å². The summed E-state index contributed by atoms with van der Waals surface area (Å²) in [5.41, 5.74) is -1.16. The average molecular weight is 227 g/mol. The maximum Gasteiger partial charge on any atom is 0.416 e. The molecule has 1 aromatic heterocycles. The van der Waals surface area contributed by atoms with Crippen molar-refractivity contribution in [3.63, 3.8) is 0 Å². The first-order valence-corrected chi connectivity index (χ1v) is 4.18. The van der Waals surface area contributed by atoms with Crippen LogP contribution in [-0.4, -0.2) is 4.98 Å². The van der Waals surface area contributed by atoms with Gasteiger partial charge >= 0.3 is 11.9 Å². The molecule has 0 aliphatic rings. The number of aromatic nitrogens is 1. The van der Waals surface area contributed by atoms with Crippen molar-refractivity contribution in [3.8, 4) is 5.88 Å². The molecule has 0 amide bonds. The second-order valence-electron chi connectivity index (χ2n) is 3.16. The summed E-state index contributed by atoms with van der Waals surface area (Å²) in [6, 6.07) is 2.71. The molecule has 7 heteroatoms. The number of rotatable bonds is 0. The Balaban J connectivity index is 2.71. The molecule has 1 heterocycles. The van der Waals surface area contributed by atoms with Crippen molar-refractivity contribution in [1.29, 1.82) is 5.39 Å². The molecule has 1 aromatic carbocycles. The lowest BCUT2D eigenvalue weighted by Crippen LogP contribution is -2.03. The van der Waals surface area contributed by atoms with Gasteiger partial charge in [0.1, 0.15) is 0 Å². The third kappa shape index (κ3) is 1.44. The Morgan fingerprint density at radius 1 is 1.31 bits per heavy atom. The van der Waals surface area contributed by atoms with E-state index in [4.69, 9.17) is 5.39 Å². The number of alkyl halides is 3. The Kier molecular flexibility index (Phi) is 2.01. The molecular formula is C9H4F3N3O. The van der Waals surface area contributed by atoms with Crippen LogP contribution in [0, 0.1) is 5.39 Å². The molecule has 0 fully saturated rings. The second kappa shape index (κ2) is 3.13. The Labute approximate surface area is 86.9 Å². The van der Waals surface area contributed by atoms with E-state index in [2.05, 4.69) is 9.96 Å². The van der Waals surface area contributed by atoms with E-state index in [1.807, 2.05) is 0 Å². The van der Waals surface area contributed by atoms with Crippen molar-refractivity contribution >= 4 is 16.6 Å². The highest BCUT2D eigenvalue weighted by molar-refractivity contribution is 5.96. The molecule has 0 aliphatic carbocycles. The van der Waals surface area contributed by atoms with Gasteiger partial charge in [-0.15, -0.1) is 0 Å². The Morgan fingerprint density at radius 3 is 2.56 bits per heavy atom. The Hall–Kier alpha value is -2.23. The minimum Gasteiger partial charge on any atom is -0.855 e. The van der Waals surface area contributed by atoms with Gasteiger partial charge in [-0.05, 0) is 18.2 Å². The van der Waals surface area contributed by atoms with E-state index < -0.39 is 17.6 Å². The van der Waals surface area contributed by atoms with E-state index in [1.54, 1.807) is 0 Å². The highest BCUT2D eigenvalue weighted by Crippen LogP contribution is 2.37. The van der Waals surface area contributed by atoms with Crippen LogP contribution < -0.4 is 5.11 Å². The molecule has 0 unspecified atom stereocenters. The van der Waals surface area contributed by atoms with Crippen LogP contribution in [0.3, 0.4) is 0 Å². The average Bonchev–Trinajstić information content (AvgIpc) is 2.50. The smallest absolute Gasteiger partial charge is 0.416 e. The number of benzene rings is 1. The summed E-state index contributed by atoms with van der Waals surface area (Å²) in [4.78, 5) is 4.91. The van der Waals surface area contributed by atoms with E-state index >= 15 is 0 Å². The van der Waals surface area contributed by atoms with E-state index in [0.29, 0.717) is 0 Å². The van der Waals surface area contributed by atoms with Crippen LogP contribution in [0.15, 0.2) is 18.2 Å². The molecule has 0 saturated carbocycles. The van der Waals surface area contributed by atoms with Gasteiger partial charge in [0, 0.05) is 0 Å². The van der Waals surface area contributed by atoms with Gasteiger partial charge in [0.05, 0.1) is 22.3 Å². The van der Waals surface area contributed by atoms with Gasteiger partial charge in [-0.1, -0.05) is 0 Å². The first-order chi connectivity index (χ1) is 7.43. The fourth-order valence-electron chi connectivity index (χ4n) is 1.43. The van der Waals surface area contributed by atoms with Gasteiger partial charge in [0.15, 0.2) is 4.98 Å². The summed E-state index contributed by atoms with van der Waals surface area (Å²) in [6.07, 6.45) is -4.47. The molecular weight excluding hydrogens is 223 g/mol.